The lowest BCUT2D eigenvalue weighted by Crippen LogP contribution is -2.30. The van der Waals surface area contributed by atoms with Crippen molar-refractivity contribution in [3.8, 4) is 0 Å². The molecule has 0 heterocycles. The molecular formula is C70H122O6. The van der Waals surface area contributed by atoms with Gasteiger partial charge in [0.1, 0.15) is 13.2 Å². The number of unbranched alkanes of at least 4 members (excludes halogenated alkanes) is 34. The van der Waals surface area contributed by atoms with E-state index < -0.39 is 6.10 Å². The molecule has 76 heavy (non-hydrogen) atoms. The maximum atomic E-state index is 12.9. The predicted molar refractivity (Wildman–Crippen MR) is 330 cm³/mol. The summed E-state index contributed by atoms with van der Waals surface area (Å²) in [4.78, 5) is 38.4. The third-order valence-corrected chi connectivity index (χ3v) is 14.1. The van der Waals surface area contributed by atoms with E-state index in [1.807, 2.05) is 0 Å². The van der Waals surface area contributed by atoms with Gasteiger partial charge in [-0.2, -0.15) is 0 Å². The van der Waals surface area contributed by atoms with Crippen LogP contribution in [-0.4, -0.2) is 37.2 Å². The van der Waals surface area contributed by atoms with Gasteiger partial charge in [-0.1, -0.05) is 292 Å². The molecule has 0 aromatic carbocycles. The zero-order chi connectivity index (χ0) is 55.0. The zero-order valence-electron chi connectivity index (χ0n) is 50.3. The average molecular weight is 1060 g/mol. The molecule has 1 unspecified atom stereocenters. The molecule has 0 saturated heterocycles. The Morgan fingerprint density at radius 3 is 0.803 bits per heavy atom. The fourth-order valence-electron chi connectivity index (χ4n) is 9.27. The van der Waals surface area contributed by atoms with Crippen molar-refractivity contribution in [2.45, 2.75) is 329 Å². The molecule has 0 amide bonds. The van der Waals surface area contributed by atoms with Crippen molar-refractivity contribution in [1.29, 1.82) is 0 Å². The first-order chi connectivity index (χ1) is 37.5. The first kappa shape index (κ1) is 72.6. The summed E-state index contributed by atoms with van der Waals surface area (Å²) in [5.41, 5.74) is 0. The number of rotatable bonds is 59. The summed E-state index contributed by atoms with van der Waals surface area (Å²) >= 11 is 0. The molecule has 0 aliphatic heterocycles. The van der Waals surface area contributed by atoms with Crippen LogP contribution in [0.2, 0.25) is 0 Å². The Balaban J connectivity index is 4.37. The highest BCUT2D eigenvalue weighted by molar-refractivity contribution is 5.71. The van der Waals surface area contributed by atoms with Crippen LogP contribution in [0.3, 0.4) is 0 Å². The molecule has 0 aliphatic rings. The number of carbonyl (C=O) groups excluding carboxylic acids is 3. The number of carbonyl (C=O) groups is 3. The molecule has 0 radical (unpaired) electrons. The molecule has 0 bridgehead atoms. The van der Waals surface area contributed by atoms with Crippen LogP contribution < -0.4 is 0 Å². The van der Waals surface area contributed by atoms with E-state index in [9.17, 15) is 14.4 Å². The molecule has 1 atom stereocenters. The zero-order valence-corrected chi connectivity index (χ0v) is 50.3. The maximum absolute atomic E-state index is 12.9. The Bertz CT molecular complexity index is 1450. The van der Waals surface area contributed by atoms with Gasteiger partial charge in [-0.15, -0.1) is 0 Å². The van der Waals surface area contributed by atoms with Crippen molar-refractivity contribution in [3.05, 3.63) is 85.1 Å². The Kier molecular flexibility index (Phi) is 61.2. The molecule has 0 rings (SSSR count). The number of ether oxygens (including phenoxy) is 3. The van der Waals surface area contributed by atoms with E-state index in [1.165, 1.54) is 173 Å². The van der Waals surface area contributed by atoms with Gasteiger partial charge in [0, 0.05) is 19.3 Å². The molecule has 0 aliphatic carbocycles. The van der Waals surface area contributed by atoms with Crippen molar-refractivity contribution in [2.75, 3.05) is 13.2 Å². The lowest BCUT2D eigenvalue weighted by atomic mass is 10.0. The van der Waals surface area contributed by atoms with Crippen molar-refractivity contribution < 1.29 is 28.6 Å². The molecule has 0 fully saturated rings. The van der Waals surface area contributed by atoms with E-state index in [-0.39, 0.29) is 31.1 Å². The summed E-state index contributed by atoms with van der Waals surface area (Å²) in [6, 6.07) is 0. The second-order valence-electron chi connectivity index (χ2n) is 21.6. The average Bonchev–Trinajstić information content (AvgIpc) is 3.42. The van der Waals surface area contributed by atoms with Crippen LogP contribution in [0.4, 0.5) is 0 Å². The third-order valence-electron chi connectivity index (χ3n) is 14.1. The van der Waals surface area contributed by atoms with E-state index in [0.717, 1.165) is 109 Å². The minimum Gasteiger partial charge on any atom is -0.462 e. The van der Waals surface area contributed by atoms with Crippen LogP contribution in [0.5, 0.6) is 0 Å². The molecule has 0 N–H and O–H groups in total. The molecule has 0 spiro atoms. The Hall–Kier alpha value is -3.41. The first-order valence-corrected chi connectivity index (χ1v) is 32.6. The number of hydrogen-bond donors (Lipinski definition) is 0. The quantitative estimate of drug-likeness (QED) is 0.0261. The van der Waals surface area contributed by atoms with Gasteiger partial charge in [-0.25, -0.2) is 0 Å². The van der Waals surface area contributed by atoms with Crippen molar-refractivity contribution in [3.63, 3.8) is 0 Å². The largest absolute Gasteiger partial charge is 0.462 e. The number of hydrogen-bond acceptors (Lipinski definition) is 6. The minimum absolute atomic E-state index is 0.0795. The van der Waals surface area contributed by atoms with Crippen molar-refractivity contribution in [1.82, 2.24) is 0 Å². The normalized spacial score (nSPS) is 12.6. The van der Waals surface area contributed by atoms with Gasteiger partial charge < -0.3 is 14.2 Å². The molecular weight excluding hydrogens is 937 g/mol. The summed E-state index contributed by atoms with van der Waals surface area (Å²) in [6.07, 6.45) is 84.4. The summed E-state index contributed by atoms with van der Waals surface area (Å²) in [5, 5.41) is 0. The van der Waals surface area contributed by atoms with E-state index in [4.69, 9.17) is 14.2 Å². The summed E-state index contributed by atoms with van der Waals surface area (Å²) in [7, 11) is 0. The topological polar surface area (TPSA) is 78.9 Å². The van der Waals surface area contributed by atoms with Gasteiger partial charge in [-0.3, -0.25) is 14.4 Å². The molecule has 6 heteroatoms. The van der Waals surface area contributed by atoms with Crippen molar-refractivity contribution in [2.24, 2.45) is 0 Å². The second-order valence-corrected chi connectivity index (χ2v) is 21.6. The van der Waals surface area contributed by atoms with Gasteiger partial charge in [0.25, 0.3) is 0 Å². The molecule has 0 aromatic heterocycles. The predicted octanol–water partition coefficient (Wildman–Crippen LogP) is 22.3. The Labute approximate surface area is 471 Å². The SMILES string of the molecule is CC/C=C\C/C=C\C/C=C\C/C=C\CCCCCCCCCCC(=O)OC(COC(=O)CCCCCCCCCC/C=C\C/C=C\C/C=C\CCCCCCC)COC(=O)CCCCCCCCCCCCCCCC. The summed E-state index contributed by atoms with van der Waals surface area (Å²) < 4.78 is 16.9. The standard InChI is InChI=1S/C70H122O6/c1-4-7-10-13-16-19-22-25-28-30-32-34-35-37-38-40-42-45-48-51-54-57-60-63-69(72)75-66-67(65-74-68(71)62-59-56-53-50-47-44-27-24-21-18-15-12-9-6-3)76-70(73)64-61-58-55-52-49-46-43-41-39-36-33-31-29-26-23-20-17-14-11-8-5-2/h8,11,17,20,22,25-26,29-30,32-33,35-37,67H,4-7,9-10,12-16,18-19,21,23-24,27-28,31,34,38-66H2,1-3H3/b11-8-,20-17-,25-22-,29-26-,32-30-,36-33-,37-35-. The monoisotopic (exact) mass is 1060 g/mol. The van der Waals surface area contributed by atoms with Gasteiger partial charge in [0.05, 0.1) is 0 Å². The van der Waals surface area contributed by atoms with Crippen LogP contribution in [0.1, 0.15) is 323 Å². The highest BCUT2D eigenvalue weighted by Gasteiger charge is 2.19. The van der Waals surface area contributed by atoms with Gasteiger partial charge in [0.15, 0.2) is 6.10 Å². The number of esters is 3. The highest BCUT2D eigenvalue weighted by atomic mass is 16.6. The van der Waals surface area contributed by atoms with E-state index in [2.05, 4.69) is 106 Å². The smallest absolute Gasteiger partial charge is 0.306 e. The minimum atomic E-state index is -0.784. The van der Waals surface area contributed by atoms with E-state index in [0.29, 0.717) is 19.3 Å². The molecule has 0 aromatic rings. The molecule has 6 nitrogen and oxygen atoms in total. The Morgan fingerprint density at radius 1 is 0.276 bits per heavy atom. The van der Waals surface area contributed by atoms with Gasteiger partial charge >= 0.3 is 17.9 Å². The third kappa shape index (κ3) is 61.4. The van der Waals surface area contributed by atoms with Crippen LogP contribution in [0.15, 0.2) is 85.1 Å². The van der Waals surface area contributed by atoms with E-state index in [1.54, 1.807) is 0 Å². The van der Waals surface area contributed by atoms with Gasteiger partial charge in [-0.05, 0) is 96.3 Å². The number of allylic oxidation sites excluding steroid dienone is 14. The van der Waals surface area contributed by atoms with Crippen molar-refractivity contribution >= 4 is 17.9 Å². The van der Waals surface area contributed by atoms with Crippen LogP contribution in [0.25, 0.3) is 0 Å². The lowest BCUT2D eigenvalue weighted by Gasteiger charge is -2.18. The van der Waals surface area contributed by atoms with Crippen LogP contribution >= 0.6 is 0 Å². The summed E-state index contributed by atoms with van der Waals surface area (Å²) in [5.74, 6) is -0.881. The first-order valence-electron chi connectivity index (χ1n) is 32.6. The maximum Gasteiger partial charge on any atom is 0.306 e. The fourth-order valence-corrected chi connectivity index (χ4v) is 9.27. The van der Waals surface area contributed by atoms with Crippen LogP contribution in [-0.2, 0) is 28.6 Å². The summed E-state index contributed by atoms with van der Waals surface area (Å²) in [6.45, 7) is 6.54. The second kappa shape index (κ2) is 64.1. The fraction of sp³-hybridized carbons (Fsp3) is 0.757. The van der Waals surface area contributed by atoms with Gasteiger partial charge in [0.2, 0.25) is 0 Å². The lowest BCUT2D eigenvalue weighted by molar-refractivity contribution is -0.167. The van der Waals surface area contributed by atoms with Crippen LogP contribution in [0, 0.1) is 0 Å². The van der Waals surface area contributed by atoms with E-state index >= 15 is 0 Å². The molecule has 438 valence electrons. The highest BCUT2D eigenvalue weighted by Crippen LogP contribution is 2.16. The Morgan fingerprint density at radius 2 is 0.513 bits per heavy atom. The molecule has 0 saturated carbocycles.